The molecule has 2 fully saturated rings. The van der Waals surface area contributed by atoms with E-state index in [1.807, 2.05) is 12.1 Å². The lowest BCUT2D eigenvalue weighted by molar-refractivity contribution is -0.152. The summed E-state index contributed by atoms with van der Waals surface area (Å²) in [5, 5.41) is 9.96. The van der Waals surface area contributed by atoms with Gasteiger partial charge in [0.15, 0.2) is 0 Å². The Labute approximate surface area is 152 Å². The molecule has 0 aliphatic carbocycles. The van der Waals surface area contributed by atoms with Crippen molar-refractivity contribution in [2.45, 2.75) is 18.8 Å². The molecule has 140 valence electrons. The van der Waals surface area contributed by atoms with Crippen molar-refractivity contribution in [2.24, 2.45) is 5.41 Å². The van der Waals surface area contributed by atoms with E-state index in [2.05, 4.69) is 4.90 Å². The van der Waals surface area contributed by atoms with Crippen molar-refractivity contribution in [2.75, 3.05) is 46.4 Å². The maximum atomic E-state index is 12.8. The van der Waals surface area contributed by atoms with Crippen LogP contribution in [0.15, 0.2) is 18.2 Å². The highest BCUT2D eigenvalue weighted by Gasteiger charge is 2.57. The molecule has 1 amide bonds. The van der Waals surface area contributed by atoms with E-state index in [1.54, 1.807) is 18.1 Å². The third-order valence-electron chi connectivity index (χ3n) is 5.96. The minimum absolute atomic E-state index is 0.0111. The van der Waals surface area contributed by atoms with Gasteiger partial charge in [0.25, 0.3) is 0 Å². The summed E-state index contributed by atoms with van der Waals surface area (Å²) >= 11 is 0. The SMILES string of the molecule is COc1ccc2c(c1)OC[C@]1(C(=O)O)CN(C(=O)CN3CCCC3)CC21. The van der Waals surface area contributed by atoms with Crippen LogP contribution < -0.4 is 9.47 Å². The lowest BCUT2D eigenvalue weighted by atomic mass is 9.73. The van der Waals surface area contributed by atoms with E-state index in [9.17, 15) is 14.7 Å². The molecule has 4 rings (SSSR count). The molecule has 0 bridgehead atoms. The molecule has 3 heterocycles. The normalized spacial score (nSPS) is 27.6. The van der Waals surface area contributed by atoms with Gasteiger partial charge >= 0.3 is 5.97 Å². The summed E-state index contributed by atoms with van der Waals surface area (Å²) in [7, 11) is 1.58. The van der Waals surface area contributed by atoms with Crippen molar-refractivity contribution in [1.82, 2.24) is 9.80 Å². The number of aliphatic carboxylic acids is 1. The van der Waals surface area contributed by atoms with Crippen LogP contribution in [0.25, 0.3) is 0 Å². The van der Waals surface area contributed by atoms with Gasteiger partial charge in [0.1, 0.15) is 23.5 Å². The van der Waals surface area contributed by atoms with Crippen LogP contribution in [0.5, 0.6) is 11.5 Å². The molecule has 7 nitrogen and oxygen atoms in total. The van der Waals surface area contributed by atoms with Gasteiger partial charge in [0.2, 0.25) is 5.91 Å². The smallest absolute Gasteiger partial charge is 0.315 e. The van der Waals surface area contributed by atoms with Crippen LogP contribution in [0.2, 0.25) is 0 Å². The highest BCUT2D eigenvalue weighted by atomic mass is 16.5. The fraction of sp³-hybridized carbons (Fsp3) is 0.579. The van der Waals surface area contributed by atoms with Gasteiger partial charge in [-0.15, -0.1) is 0 Å². The van der Waals surface area contributed by atoms with Gasteiger partial charge in [-0.25, -0.2) is 0 Å². The third-order valence-corrected chi connectivity index (χ3v) is 5.96. The van der Waals surface area contributed by atoms with Gasteiger partial charge in [-0.1, -0.05) is 6.07 Å². The Kier molecular flexibility index (Phi) is 4.26. The van der Waals surface area contributed by atoms with Crippen LogP contribution >= 0.6 is 0 Å². The predicted molar refractivity (Wildman–Crippen MR) is 93.6 cm³/mol. The van der Waals surface area contributed by atoms with Crippen molar-refractivity contribution in [3.63, 3.8) is 0 Å². The molecule has 0 saturated carbocycles. The van der Waals surface area contributed by atoms with Crippen LogP contribution in [0.3, 0.4) is 0 Å². The van der Waals surface area contributed by atoms with E-state index in [-0.39, 0.29) is 25.0 Å². The number of hydrogen-bond donors (Lipinski definition) is 1. The number of carbonyl (C=O) groups excluding carboxylic acids is 1. The highest BCUT2D eigenvalue weighted by molar-refractivity contribution is 5.83. The van der Waals surface area contributed by atoms with Crippen molar-refractivity contribution < 1.29 is 24.2 Å². The van der Waals surface area contributed by atoms with Gasteiger partial charge in [0.05, 0.1) is 13.7 Å². The molecule has 0 radical (unpaired) electrons. The van der Waals surface area contributed by atoms with Crippen molar-refractivity contribution >= 4 is 11.9 Å². The molecule has 3 aliphatic heterocycles. The monoisotopic (exact) mass is 360 g/mol. The van der Waals surface area contributed by atoms with Gasteiger partial charge in [0, 0.05) is 30.6 Å². The van der Waals surface area contributed by atoms with E-state index in [0.29, 0.717) is 24.6 Å². The Morgan fingerprint density at radius 3 is 2.81 bits per heavy atom. The average Bonchev–Trinajstić information content (AvgIpc) is 3.29. The first-order valence-corrected chi connectivity index (χ1v) is 9.08. The Morgan fingerprint density at radius 1 is 1.35 bits per heavy atom. The van der Waals surface area contributed by atoms with Crippen LogP contribution in [0, 0.1) is 5.41 Å². The Bertz CT molecular complexity index is 731. The highest BCUT2D eigenvalue weighted by Crippen LogP contribution is 2.50. The van der Waals surface area contributed by atoms with Gasteiger partial charge in [-0.3, -0.25) is 14.5 Å². The van der Waals surface area contributed by atoms with Crippen molar-refractivity contribution in [3.8, 4) is 11.5 Å². The molecular weight excluding hydrogens is 336 g/mol. The standard InChI is InChI=1S/C19H24N2O5/c1-25-13-4-5-14-15-9-21(17(22)10-20-6-2-3-7-20)11-19(15,18(23)24)12-26-16(14)8-13/h4-5,8,15H,2-3,6-7,9-12H2,1H3,(H,23,24)/t15?,19-/m1/s1. The summed E-state index contributed by atoms with van der Waals surface area (Å²) in [6.45, 7) is 2.95. The number of amides is 1. The fourth-order valence-corrected chi connectivity index (χ4v) is 4.41. The summed E-state index contributed by atoms with van der Waals surface area (Å²) in [4.78, 5) is 28.8. The first-order chi connectivity index (χ1) is 12.5. The Hall–Kier alpha value is -2.28. The molecule has 0 spiro atoms. The first-order valence-electron chi connectivity index (χ1n) is 9.08. The number of ether oxygens (including phenoxy) is 2. The van der Waals surface area contributed by atoms with Crippen LogP contribution in [0.4, 0.5) is 0 Å². The zero-order chi connectivity index (χ0) is 18.3. The number of fused-ring (bicyclic) bond motifs is 3. The molecular formula is C19H24N2O5. The molecule has 0 aromatic heterocycles. The van der Waals surface area contributed by atoms with E-state index in [4.69, 9.17) is 9.47 Å². The van der Waals surface area contributed by atoms with Gasteiger partial charge in [-0.05, 0) is 32.0 Å². The number of likely N-dealkylation sites (tertiary alicyclic amines) is 2. The van der Waals surface area contributed by atoms with E-state index < -0.39 is 11.4 Å². The number of carbonyl (C=O) groups is 2. The average molecular weight is 360 g/mol. The molecule has 3 aliphatic rings. The fourth-order valence-electron chi connectivity index (χ4n) is 4.41. The number of methoxy groups -OCH3 is 1. The second-order valence-electron chi connectivity index (χ2n) is 7.46. The number of benzene rings is 1. The molecule has 1 aromatic carbocycles. The summed E-state index contributed by atoms with van der Waals surface area (Å²) in [6, 6.07) is 5.47. The van der Waals surface area contributed by atoms with E-state index in [1.165, 1.54) is 0 Å². The van der Waals surface area contributed by atoms with Crippen molar-refractivity contribution in [3.05, 3.63) is 23.8 Å². The summed E-state index contributed by atoms with van der Waals surface area (Å²) in [5.74, 6) is 0.168. The topological polar surface area (TPSA) is 79.3 Å². The van der Waals surface area contributed by atoms with E-state index >= 15 is 0 Å². The minimum Gasteiger partial charge on any atom is -0.497 e. The van der Waals surface area contributed by atoms with Crippen LogP contribution in [-0.4, -0.2) is 73.2 Å². The first kappa shape index (κ1) is 17.1. The maximum absolute atomic E-state index is 12.8. The second kappa shape index (κ2) is 6.46. The van der Waals surface area contributed by atoms with Gasteiger partial charge < -0.3 is 19.5 Å². The maximum Gasteiger partial charge on any atom is 0.315 e. The molecule has 7 heteroatoms. The van der Waals surface area contributed by atoms with Crippen LogP contribution in [0.1, 0.15) is 24.3 Å². The lowest BCUT2D eigenvalue weighted by Crippen LogP contribution is -2.46. The number of nitrogens with zero attached hydrogens (tertiary/aromatic N) is 2. The molecule has 2 atom stereocenters. The van der Waals surface area contributed by atoms with E-state index in [0.717, 1.165) is 31.5 Å². The number of carboxylic acids is 1. The largest absolute Gasteiger partial charge is 0.497 e. The van der Waals surface area contributed by atoms with Crippen molar-refractivity contribution in [1.29, 1.82) is 0 Å². The summed E-state index contributed by atoms with van der Waals surface area (Å²) in [6.07, 6.45) is 2.25. The zero-order valence-corrected chi connectivity index (χ0v) is 14.9. The predicted octanol–water partition coefficient (Wildman–Crippen LogP) is 1.18. The number of carboxylic acid groups (broad SMARTS) is 1. The van der Waals surface area contributed by atoms with Crippen LogP contribution in [-0.2, 0) is 9.59 Å². The minimum atomic E-state index is -1.08. The Balaban J connectivity index is 1.60. The second-order valence-corrected chi connectivity index (χ2v) is 7.46. The molecule has 1 unspecified atom stereocenters. The molecule has 1 N–H and O–H groups in total. The molecule has 2 saturated heterocycles. The number of rotatable bonds is 4. The quantitative estimate of drug-likeness (QED) is 0.869. The zero-order valence-electron chi connectivity index (χ0n) is 14.9. The molecule has 1 aromatic rings. The lowest BCUT2D eigenvalue weighted by Gasteiger charge is -2.35. The molecule has 26 heavy (non-hydrogen) atoms. The summed E-state index contributed by atoms with van der Waals surface area (Å²) < 4.78 is 11.0. The third kappa shape index (κ3) is 2.70. The Morgan fingerprint density at radius 2 is 2.12 bits per heavy atom. The summed E-state index contributed by atoms with van der Waals surface area (Å²) in [5.41, 5.74) is -0.238. The number of hydrogen-bond acceptors (Lipinski definition) is 5. The van der Waals surface area contributed by atoms with Gasteiger partial charge in [-0.2, -0.15) is 0 Å².